The lowest BCUT2D eigenvalue weighted by Gasteiger charge is -1.88. The molecule has 14 heavy (non-hydrogen) atoms. The standard InChI is InChI=1S/C3H5N5.C3H3N3/c4-2-6-1-7-3(5)8-2;1-2-4-6-5-3-1/h1H,(H4,4,5,6,7,8);1-3H. The van der Waals surface area contributed by atoms with E-state index < -0.39 is 0 Å². The lowest BCUT2D eigenvalue weighted by molar-refractivity contribution is 0.865. The Balaban J connectivity index is 0.000000146. The molecule has 2 rings (SSSR count). The van der Waals surface area contributed by atoms with Gasteiger partial charge in [-0.1, -0.05) is 0 Å². The third kappa shape index (κ3) is 3.85. The molecule has 0 aromatic carbocycles. The van der Waals surface area contributed by atoms with Gasteiger partial charge in [-0.3, -0.25) is 0 Å². The van der Waals surface area contributed by atoms with Gasteiger partial charge in [-0.05, 0) is 11.3 Å². The third-order valence-corrected chi connectivity index (χ3v) is 1.02. The summed E-state index contributed by atoms with van der Waals surface area (Å²) in [5.74, 6) is 0.301. The van der Waals surface area contributed by atoms with E-state index in [1.165, 1.54) is 6.33 Å². The molecule has 0 fully saturated rings. The minimum atomic E-state index is 0.150. The van der Waals surface area contributed by atoms with Gasteiger partial charge in [0.15, 0.2) is 0 Å². The molecule has 0 aliphatic heterocycles. The van der Waals surface area contributed by atoms with Crippen LogP contribution in [-0.2, 0) is 0 Å². The molecule has 4 N–H and O–H groups in total. The molecule has 0 saturated carbocycles. The van der Waals surface area contributed by atoms with E-state index in [1.54, 1.807) is 18.5 Å². The molecule has 0 unspecified atom stereocenters. The van der Waals surface area contributed by atoms with Crippen LogP contribution in [0.3, 0.4) is 0 Å². The molecule has 0 bridgehead atoms. The highest BCUT2D eigenvalue weighted by Crippen LogP contribution is 1.88. The number of aromatic nitrogens is 6. The molecule has 0 aliphatic carbocycles. The number of hydrogen-bond donors (Lipinski definition) is 2. The van der Waals surface area contributed by atoms with E-state index in [1.807, 2.05) is 0 Å². The minimum Gasteiger partial charge on any atom is -0.368 e. The molecule has 0 aliphatic rings. The van der Waals surface area contributed by atoms with Gasteiger partial charge in [-0.15, -0.1) is 10.2 Å². The van der Waals surface area contributed by atoms with Crippen LogP contribution in [0.2, 0.25) is 0 Å². The summed E-state index contributed by atoms with van der Waals surface area (Å²) in [5.41, 5.74) is 10.2. The van der Waals surface area contributed by atoms with Crippen LogP contribution in [0.5, 0.6) is 0 Å². The largest absolute Gasteiger partial charge is 0.368 e. The van der Waals surface area contributed by atoms with E-state index in [4.69, 9.17) is 11.5 Å². The van der Waals surface area contributed by atoms with Crippen molar-refractivity contribution in [2.45, 2.75) is 0 Å². The van der Waals surface area contributed by atoms with Gasteiger partial charge in [0.2, 0.25) is 11.9 Å². The smallest absolute Gasteiger partial charge is 0.224 e. The third-order valence-electron chi connectivity index (χ3n) is 1.02. The van der Waals surface area contributed by atoms with E-state index in [0.29, 0.717) is 0 Å². The number of nitrogen functional groups attached to an aromatic ring is 2. The molecule has 0 saturated heterocycles. The Kier molecular flexibility index (Phi) is 3.67. The van der Waals surface area contributed by atoms with Crippen LogP contribution < -0.4 is 11.5 Å². The van der Waals surface area contributed by atoms with Gasteiger partial charge < -0.3 is 11.5 Å². The summed E-state index contributed by atoms with van der Waals surface area (Å²) in [6.45, 7) is 0. The first kappa shape index (κ1) is 9.71. The van der Waals surface area contributed by atoms with Gasteiger partial charge in [0.1, 0.15) is 6.33 Å². The Bertz CT molecular complexity index is 319. The second-order valence-electron chi connectivity index (χ2n) is 2.01. The van der Waals surface area contributed by atoms with E-state index in [-0.39, 0.29) is 11.9 Å². The first-order valence-corrected chi connectivity index (χ1v) is 3.57. The summed E-state index contributed by atoms with van der Waals surface area (Å²) < 4.78 is 0. The summed E-state index contributed by atoms with van der Waals surface area (Å²) in [4.78, 5) is 10.5. The van der Waals surface area contributed by atoms with Crippen molar-refractivity contribution in [3.05, 3.63) is 24.8 Å². The van der Waals surface area contributed by atoms with Gasteiger partial charge >= 0.3 is 0 Å². The zero-order chi connectivity index (χ0) is 10.2. The van der Waals surface area contributed by atoms with Crippen LogP contribution >= 0.6 is 0 Å². The topological polar surface area (TPSA) is 129 Å². The van der Waals surface area contributed by atoms with Crippen molar-refractivity contribution in [3.8, 4) is 0 Å². The average molecular weight is 192 g/mol. The molecule has 0 radical (unpaired) electrons. The lowest BCUT2D eigenvalue weighted by atomic mass is 10.7. The van der Waals surface area contributed by atoms with Crippen molar-refractivity contribution in [1.29, 1.82) is 0 Å². The number of nitrogens with zero attached hydrogens (tertiary/aromatic N) is 6. The van der Waals surface area contributed by atoms with Crippen LogP contribution in [0.25, 0.3) is 0 Å². The molecular weight excluding hydrogens is 184 g/mol. The van der Waals surface area contributed by atoms with Gasteiger partial charge in [-0.25, -0.2) is 9.97 Å². The molecule has 0 spiro atoms. The molecule has 2 aromatic heterocycles. The Labute approximate surface area is 79.4 Å². The summed E-state index contributed by atoms with van der Waals surface area (Å²) >= 11 is 0. The number of nitrogens with two attached hydrogens (primary N) is 2. The normalized spacial score (nSPS) is 8.57. The molecule has 2 aromatic rings. The monoisotopic (exact) mass is 192 g/mol. The van der Waals surface area contributed by atoms with Crippen molar-refractivity contribution in [2.75, 3.05) is 11.5 Å². The summed E-state index contributed by atoms with van der Waals surface area (Å²) in [6, 6.07) is 1.72. The van der Waals surface area contributed by atoms with Crippen molar-refractivity contribution in [1.82, 2.24) is 30.4 Å². The molecule has 8 heteroatoms. The zero-order valence-electron chi connectivity index (χ0n) is 7.15. The quantitative estimate of drug-likeness (QED) is 0.538. The number of anilines is 2. The van der Waals surface area contributed by atoms with E-state index in [2.05, 4.69) is 30.4 Å². The fourth-order valence-corrected chi connectivity index (χ4v) is 0.527. The maximum absolute atomic E-state index is 5.12. The van der Waals surface area contributed by atoms with E-state index in [9.17, 15) is 0 Å². The van der Waals surface area contributed by atoms with Crippen molar-refractivity contribution in [3.63, 3.8) is 0 Å². The maximum Gasteiger partial charge on any atom is 0.224 e. The van der Waals surface area contributed by atoms with Gasteiger partial charge in [0.25, 0.3) is 0 Å². The van der Waals surface area contributed by atoms with Gasteiger partial charge in [-0.2, -0.15) is 4.98 Å². The second kappa shape index (κ2) is 5.30. The molecule has 0 amide bonds. The van der Waals surface area contributed by atoms with Crippen molar-refractivity contribution >= 4 is 11.9 Å². The van der Waals surface area contributed by atoms with E-state index in [0.717, 1.165) is 0 Å². The Hall–Kier alpha value is -2.38. The van der Waals surface area contributed by atoms with Crippen LogP contribution in [0.1, 0.15) is 0 Å². The SMILES string of the molecule is Nc1ncnc(N)n1.c1cnnnc1. The summed E-state index contributed by atoms with van der Waals surface area (Å²) in [7, 11) is 0. The fourth-order valence-electron chi connectivity index (χ4n) is 0.527. The van der Waals surface area contributed by atoms with Gasteiger partial charge in [0, 0.05) is 0 Å². The highest BCUT2D eigenvalue weighted by Gasteiger charge is 1.86. The Morgan fingerprint density at radius 3 is 1.71 bits per heavy atom. The predicted molar refractivity (Wildman–Crippen MR) is 48.5 cm³/mol. The molecule has 2 heterocycles. The van der Waals surface area contributed by atoms with Gasteiger partial charge in [0.05, 0.1) is 12.4 Å². The minimum absolute atomic E-state index is 0.150. The second-order valence-corrected chi connectivity index (χ2v) is 2.01. The summed E-state index contributed by atoms with van der Waals surface area (Å²) in [6.07, 6.45) is 4.41. The van der Waals surface area contributed by atoms with Crippen LogP contribution in [0.4, 0.5) is 11.9 Å². The molecular formula is C6H8N8. The van der Waals surface area contributed by atoms with E-state index >= 15 is 0 Å². The molecule has 8 nitrogen and oxygen atoms in total. The Morgan fingerprint density at radius 1 is 0.929 bits per heavy atom. The maximum atomic E-state index is 5.12. The highest BCUT2D eigenvalue weighted by molar-refractivity contribution is 5.22. The Morgan fingerprint density at radius 2 is 1.50 bits per heavy atom. The van der Waals surface area contributed by atoms with Crippen LogP contribution in [0, 0.1) is 0 Å². The lowest BCUT2D eigenvalue weighted by Crippen LogP contribution is -2.00. The van der Waals surface area contributed by atoms with Crippen LogP contribution in [-0.4, -0.2) is 30.4 Å². The number of hydrogen-bond acceptors (Lipinski definition) is 8. The fraction of sp³-hybridized carbons (Fsp3) is 0. The molecule has 72 valence electrons. The number of rotatable bonds is 0. The average Bonchev–Trinajstić information content (AvgIpc) is 2.21. The summed E-state index contributed by atoms with van der Waals surface area (Å²) in [5, 5.41) is 10.1. The van der Waals surface area contributed by atoms with Crippen molar-refractivity contribution < 1.29 is 0 Å². The highest BCUT2D eigenvalue weighted by atomic mass is 15.3. The molecule has 0 atom stereocenters. The first-order chi connectivity index (χ1) is 6.79. The van der Waals surface area contributed by atoms with Crippen molar-refractivity contribution in [2.24, 2.45) is 0 Å². The van der Waals surface area contributed by atoms with Crippen LogP contribution in [0.15, 0.2) is 24.8 Å². The zero-order valence-corrected chi connectivity index (χ0v) is 7.15. The first-order valence-electron chi connectivity index (χ1n) is 3.57. The predicted octanol–water partition coefficient (Wildman–Crippen LogP) is -1.09.